The van der Waals surface area contributed by atoms with E-state index in [1.165, 1.54) is 6.92 Å². The molecule has 2 rings (SSSR count). The second kappa shape index (κ2) is 17.0. The van der Waals surface area contributed by atoms with Gasteiger partial charge in [0.15, 0.2) is 0 Å². The number of ether oxygens (including phenoxy) is 3. The topological polar surface area (TPSA) is 131 Å². The van der Waals surface area contributed by atoms with Gasteiger partial charge in [-0.25, -0.2) is 0 Å². The van der Waals surface area contributed by atoms with Crippen molar-refractivity contribution in [3.05, 3.63) is 23.8 Å². The third kappa shape index (κ3) is 10.5. The summed E-state index contributed by atoms with van der Waals surface area (Å²) in [5.41, 5.74) is 6.92. The molecule has 5 N–H and O–H groups in total. The molecule has 170 valence electrons. The van der Waals surface area contributed by atoms with Crippen LogP contribution in [0.25, 0.3) is 0 Å². The van der Waals surface area contributed by atoms with Crippen LogP contribution in [0.2, 0.25) is 0 Å². The van der Waals surface area contributed by atoms with Crippen molar-refractivity contribution < 1.29 is 34.3 Å². The smallest absolute Gasteiger partial charge is 0.302 e. The number of anilines is 1. The molecule has 0 spiro atoms. The molecule has 1 aromatic rings. The van der Waals surface area contributed by atoms with Gasteiger partial charge in [0.05, 0.1) is 18.4 Å². The number of aliphatic hydroxyl groups excluding tert-OH is 3. The van der Waals surface area contributed by atoms with Gasteiger partial charge in [-0.15, -0.1) is 0 Å². The van der Waals surface area contributed by atoms with E-state index < -0.39 is 31.2 Å². The van der Waals surface area contributed by atoms with Crippen molar-refractivity contribution in [1.29, 1.82) is 0 Å². The quantitative estimate of drug-likeness (QED) is 0.425. The van der Waals surface area contributed by atoms with Crippen molar-refractivity contribution in [2.24, 2.45) is 0 Å². The predicted octanol–water partition coefficient (Wildman–Crippen LogP) is 2.62. The number of esters is 1. The minimum atomic E-state index is -1.16. The van der Waals surface area contributed by atoms with Crippen LogP contribution in [-0.4, -0.2) is 52.5 Å². The van der Waals surface area contributed by atoms with Gasteiger partial charge in [-0.3, -0.25) is 4.79 Å². The Morgan fingerprint density at radius 3 is 2.24 bits per heavy atom. The highest BCUT2D eigenvalue weighted by atomic mass is 16.7. The molecule has 4 unspecified atom stereocenters. The van der Waals surface area contributed by atoms with Crippen molar-refractivity contribution in [3.8, 4) is 5.75 Å². The number of rotatable bonds is 5. The van der Waals surface area contributed by atoms with E-state index in [1.807, 2.05) is 41.5 Å². The molecule has 0 amide bonds. The maximum atomic E-state index is 10.8. The van der Waals surface area contributed by atoms with Crippen LogP contribution in [0.4, 0.5) is 5.69 Å². The Kier molecular flexibility index (Phi) is 17.2. The first kappa shape index (κ1) is 29.3. The summed E-state index contributed by atoms with van der Waals surface area (Å²) >= 11 is 0. The number of nitrogen functional groups attached to an aromatic ring is 1. The molecule has 8 heteroatoms. The minimum Gasteiger partial charge on any atom is -0.463 e. The molecule has 0 radical (unpaired) electrons. The van der Waals surface area contributed by atoms with Gasteiger partial charge in [-0.1, -0.05) is 47.6 Å². The maximum absolute atomic E-state index is 10.8. The summed E-state index contributed by atoms with van der Waals surface area (Å²) in [6.45, 7) is 13.0. The minimum absolute atomic E-state index is 0.0479. The van der Waals surface area contributed by atoms with Gasteiger partial charge in [0.1, 0.15) is 24.6 Å². The fourth-order valence-corrected chi connectivity index (χ4v) is 2.26. The first-order valence-corrected chi connectivity index (χ1v) is 10.2. The Bertz CT molecular complexity index is 554. The molecule has 0 aliphatic carbocycles. The Morgan fingerprint density at radius 1 is 1.17 bits per heavy atom. The molecule has 1 aliphatic heterocycles. The normalized spacial score (nSPS) is 22.4. The zero-order valence-corrected chi connectivity index (χ0v) is 18.7. The zero-order valence-electron chi connectivity index (χ0n) is 18.7. The fraction of sp³-hybridized carbons (Fsp3) is 0.667. The fourth-order valence-electron chi connectivity index (χ4n) is 2.26. The zero-order chi connectivity index (χ0) is 23.0. The van der Waals surface area contributed by atoms with E-state index in [9.17, 15) is 15.0 Å². The van der Waals surface area contributed by atoms with Gasteiger partial charge >= 0.3 is 5.97 Å². The lowest BCUT2D eigenvalue weighted by atomic mass is 10.0. The molecule has 1 fully saturated rings. The lowest BCUT2D eigenvalue weighted by Crippen LogP contribution is -2.51. The van der Waals surface area contributed by atoms with Crippen molar-refractivity contribution >= 4 is 11.7 Å². The van der Waals surface area contributed by atoms with Gasteiger partial charge in [-0.05, 0) is 17.7 Å². The third-order valence-corrected chi connectivity index (χ3v) is 3.49. The highest BCUT2D eigenvalue weighted by molar-refractivity contribution is 5.66. The third-order valence-electron chi connectivity index (χ3n) is 3.49. The highest BCUT2D eigenvalue weighted by Gasteiger charge is 2.37. The summed E-state index contributed by atoms with van der Waals surface area (Å²) in [7, 11) is 0. The van der Waals surface area contributed by atoms with Gasteiger partial charge in [0.25, 0.3) is 0 Å². The van der Waals surface area contributed by atoms with Gasteiger partial charge < -0.3 is 35.3 Å². The summed E-state index contributed by atoms with van der Waals surface area (Å²) in [6.07, 6.45) is -3.94. The van der Waals surface area contributed by atoms with E-state index in [1.54, 1.807) is 18.2 Å². The summed E-state index contributed by atoms with van der Waals surface area (Å²) in [5.74, 6) is -0.0519. The number of aliphatic hydroxyl groups is 3. The van der Waals surface area contributed by atoms with Crippen molar-refractivity contribution in [2.75, 3.05) is 12.3 Å². The summed E-state index contributed by atoms with van der Waals surface area (Å²) < 4.78 is 15.8. The number of carbonyl (C=O) groups excluding carboxylic acids is 1. The summed E-state index contributed by atoms with van der Waals surface area (Å²) in [6, 6.07) is 4.89. The van der Waals surface area contributed by atoms with Crippen molar-refractivity contribution in [1.82, 2.24) is 0 Å². The molecular weight excluding hydrogens is 378 g/mol. The lowest BCUT2D eigenvalue weighted by Gasteiger charge is -2.36. The molecule has 29 heavy (non-hydrogen) atoms. The van der Waals surface area contributed by atoms with Crippen molar-refractivity contribution in [3.63, 3.8) is 0 Å². The maximum Gasteiger partial charge on any atom is 0.302 e. The summed E-state index contributed by atoms with van der Waals surface area (Å²) in [4.78, 5) is 10.8. The second-order valence-electron chi connectivity index (χ2n) is 5.35. The average Bonchev–Trinajstić information content (AvgIpc) is 2.75. The average molecular weight is 418 g/mol. The second-order valence-corrected chi connectivity index (χ2v) is 5.35. The van der Waals surface area contributed by atoms with E-state index in [0.29, 0.717) is 17.0 Å². The Labute approximate surface area is 174 Å². The van der Waals surface area contributed by atoms with Crippen LogP contribution in [0, 0.1) is 0 Å². The standard InChI is InChI=1S/C15H21NO7.3C2H6/c1-8(18)21-7-9-2-3-12(10(16)4-9)22-14-5-11(19)15(20)13(6-17)23-14;3*1-2/h2-4,11,13-15,17,19-20H,5-7,16H2,1H3;3*1-2H3. The summed E-state index contributed by atoms with van der Waals surface area (Å²) in [5, 5.41) is 28.6. The number of nitrogens with two attached hydrogens (primary N) is 1. The SMILES string of the molecule is CC.CC.CC.CC(=O)OCc1ccc(OC2CC(O)C(O)C(CO)O2)c(N)c1. The Balaban J connectivity index is 0. The molecule has 0 aromatic heterocycles. The van der Waals surface area contributed by atoms with Gasteiger partial charge in [-0.2, -0.15) is 0 Å². The number of hydrogen-bond donors (Lipinski definition) is 4. The first-order chi connectivity index (χ1) is 13.9. The van der Waals surface area contributed by atoms with E-state index in [-0.39, 0.29) is 19.0 Å². The molecule has 1 heterocycles. The predicted molar refractivity (Wildman–Crippen MR) is 113 cm³/mol. The van der Waals surface area contributed by atoms with E-state index in [4.69, 9.17) is 25.1 Å². The monoisotopic (exact) mass is 417 g/mol. The van der Waals surface area contributed by atoms with Crippen LogP contribution < -0.4 is 10.5 Å². The van der Waals surface area contributed by atoms with Crippen LogP contribution in [0.3, 0.4) is 0 Å². The first-order valence-electron chi connectivity index (χ1n) is 10.2. The van der Waals surface area contributed by atoms with Crippen LogP contribution in [0.5, 0.6) is 5.75 Å². The van der Waals surface area contributed by atoms with Crippen LogP contribution in [-0.2, 0) is 20.9 Å². The highest BCUT2D eigenvalue weighted by Crippen LogP contribution is 2.28. The van der Waals surface area contributed by atoms with Crippen LogP contribution in [0.1, 0.15) is 60.5 Å². The van der Waals surface area contributed by atoms with Gasteiger partial charge in [0, 0.05) is 13.3 Å². The number of carbonyl (C=O) groups is 1. The van der Waals surface area contributed by atoms with Crippen LogP contribution in [0.15, 0.2) is 18.2 Å². The van der Waals surface area contributed by atoms with Crippen molar-refractivity contribution in [2.45, 2.75) is 86.1 Å². The van der Waals surface area contributed by atoms with E-state index in [0.717, 1.165) is 0 Å². The van der Waals surface area contributed by atoms with E-state index >= 15 is 0 Å². The molecular formula is C21H39NO7. The number of benzene rings is 1. The lowest BCUT2D eigenvalue weighted by molar-refractivity contribution is -0.229. The molecule has 1 aromatic carbocycles. The molecule has 1 saturated heterocycles. The largest absolute Gasteiger partial charge is 0.463 e. The Hall–Kier alpha value is -1.87. The number of hydrogen-bond acceptors (Lipinski definition) is 8. The molecule has 4 atom stereocenters. The molecule has 0 saturated carbocycles. The molecule has 1 aliphatic rings. The molecule has 8 nitrogen and oxygen atoms in total. The molecule has 0 bridgehead atoms. The van der Waals surface area contributed by atoms with Gasteiger partial charge in [0.2, 0.25) is 6.29 Å². The van der Waals surface area contributed by atoms with E-state index in [2.05, 4.69) is 0 Å². The van der Waals surface area contributed by atoms with Crippen LogP contribution >= 0.6 is 0 Å². The Morgan fingerprint density at radius 2 is 1.76 bits per heavy atom.